The van der Waals surface area contributed by atoms with Crippen molar-refractivity contribution in [3.05, 3.63) is 64.9 Å². The number of methoxy groups -OCH3 is 1. The van der Waals surface area contributed by atoms with Crippen molar-refractivity contribution >= 4 is 23.1 Å². The molecule has 0 fully saturated rings. The SMILES string of the molecule is CCCN1C(=O)C(Nc2ccccc2OC)=C(c2ccc(C)cc2C)C1=O. The van der Waals surface area contributed by atoms with Crippen molar-refractivity contribution in [2.24, 2.45) is 0 Å². The van der Waals surface area contributed by atoms with E-state index < -0.39 is 0 Å². The fraction of sp³-hybridized carbons (Fsp3) is 0.273. The van der Waals surface area contributed by atoms with Crippen molar-refractivity contribution in [3.63, 3.8) is 0 Å². The quantitative estimate of drug-likeness (QED) is 0.790. The summed E-state index contributed by atoms with van der Waals surface area (Å²) >= 11 is 0. The van der Waals surface area contributed by atoms with Gasteiger partial charge in [-0.15, -0.1) is 0 Å². The molecule has 1 heterocycles. The lowest BCUT2D eigenvalue weighted by atomic mass is 9.97. The number of nitrogens with zero attached hydrogens (tertiary/aromatic N) is 1. The van der Waals surface area contributed by atoms with Gasteiger partial charge in [0.05, 0.1) is 18.4 Å². The second-order valence-electron chi connectivity index (χ2n) is 6.66. The van der Waals surface area contributed by atoms with Crippen LogP contribution in [-0.2, 0) is 9.59 Å². The van der Waals surface area contributed by atoms with Gasteiger partial charge in [-0.1, -0.05) is 42.8 Å². The number of ether oxygens (including phenoxy) is 1. The Labute approximate surface area is 159 Å². The number of nitrogens with one attached hydrogen (secondary N) is 1. The summed E-state index contributed by atoms with van der Waals surface area (Å²) < 4.78 is 5.38. The van der Waals surface area contributed by atoms with Gasteiger partial charge in [0.25, 0.3) is 11.8 Å². The summed E-state index contributed by atoms with van der Waals surface area (Å²) in [5.41, 5.74) is 4.20. The normalized spacial score (nSPS) is 14.1. The van der Waals surface area contributed by atoms with E-state index in [0.29, 0.717) is 35.7 Å². The number of benzene rings is 2. The van der Waals surface area contributed by atoms with E-state index in [1.807, 2.05) is 63.2 Å². The molecule has 0 saturated heterocycles. The van der Waals surface area contributed by atoms with Crippen LogP contribution >= 0.6 is 0 Å². The number of para-hydroxylation sites is 2. The summed E-state index contributed by atoms with van der Waals surface area (Å²) in [6.07, 6.45) is 0.708. The summed E-state index contributed by atoms with van der Waals surface area (Å²) in [5, 5.41) is 3.16. The Hall–Kier alpha value is -3.08. The van der Waals surface area contributed by atoms with Crippen LogP contribution in [0, 0.1) is 13.8 Å². The van der Waals surface area contributed by atoms with Gasteiger partial charge < -0.3 is 10.1 Å². The zero-order valence-electron chi connectivity index (χ0n) is 16.1. The molecule has 5 heteroatoms. The fourth-order valence-electron chi connectivity index (χ4n) is 3.35. The second-order valence-corrected chi connectivity index (χ2v) is 6.66. The molecule has 140 valence electrons. The van der Waals surface area contributed by atoms with Gasteiger partial charge in [0, 0.05) is 6.54 Å². The highest BCUT2D eigenvalue weighted by molar-refractivity contribution is 6.36. The van der Waals surface area contributed by atoms with E-state index in [4.69, 9.17) is 4.74 Å². The molecule has 0 aliphatic carbocycles. The van der Waals surface area contributed by atoms with Gasteiger partial charge in [0.15, 0.2) is 0 Å². The number of aryl methyl sites for hydroxylation is 2. The number of carbonyl (C=O) groups is 2. The predicted molar refractivity (Wildman–Crippen MR) is 106 cm³/mol. The minimum Gasteiger partial charge on any atom is -0.495 e. The molecule has 0 unspecified atom stereocenters. The van der Waals surface area contributed by atoms with Crippen molar-refractivity contribution in [3.8, 4) is 5.75 Å². The first kappa shape index (κ1) is 18.7. The van der Waals surface area contributed by atoms with Gasteiger partial charge in [0.1, 0.15) is 11.4 Å². The van der Waals surface area contributed by atoms with Crippen molar-refractivity contribution in [1.29, 1.82) is 0 Å². The number of hydrogen-bond acceptors (Lipinski definition) is 4. The topological polar surface area (TPSA) is 58.6 Å². The molecule has 0 radical (unpaired) electrons. The highest BCUT2D eigenvalue weighted by Gasteiger charge is 2.39. The van der Waals surface area contributed by atoms with E-state index in [1.54, 1.807) is 7.11 Å². The number of anilines is 1. The van der Waals surface area contributed by atoms with Crippen molar-refractivity contribution < 1.29 is 14.3 Å². The molecule has 0 spiro atoms. The lowest BCUT2D eigenvalue weighted by Crippen LogP contribution is -2.33. The van der Waals surface area contributed by atoms with Crippen LogP contribution < -0.4 is 10.1 Å². The Morgan fingerprint density at radius 1 is 1.04 bits per heavy atom. The molecule has 0 aromatic heterocycles. The van der Waals surface area contributed by atoms with E-state index in [1.165, 1.54) is 4.90 Å². The standard InChI is InChI=1S/C22H24N2O3/c1-5-12-24-21(25)19(16-11-10-14(2)13-15(16)3)20(22(24)26)23-17-8-6-7-9-18(17)27-4/h6-11,13,23H,5,12H2,1-4H3. The third-order valence-electron chi connectivity index (χ3n) is 4.63. The molecule has 2 aromatic carbocycles. The highest BCUT2D eigenvalue weighted by Crippen LogP contribution is 2.34. The maximum atomic E-state index is 13.1. The van der Waals surface area contributed by atoms with Crippen molar-refractivity contribution in [1.82, 2.24) is 4.90 Å². The first-order valence-electron chi connectivity index (χ1n) is 9.06. The molecular formula is C22H24N2O3. The Balaban J connectivity index is 2.14. The number of rotatable bonds is 6. The Kier molecular flexibility index (Phi) is 5.31. The zero-order chi connectivity index (χ0) is 19.6. The summed E-state index contributed by atoms with van der Waals surface area (Å²) in [4.78, 5) is 27.4. The molecule has 1 N–H and O–H groups in total. The molecule has 0 atom stereocenters. The average molecular weight is 364 g/mol. The van der Waals surface area contributed by atoms with Crippen LogP contribution in [0.25, 0.3) is 5.57 Å². The van der Waals surface area contributed by atoms with Crippen LogP contribution in [0.4, 0.5) is 5.69 Å². The average Bonchev–Trinajstić information content (AvgIpc) is 2.87. The molecular weight excluding hydrogens is 340 g/mol. The van der Waals surface area contributed by atoms with Crippen LogP contribution in [0.5, 0.6) is 5.75 Å². The van der Waals surface area contributed by atoms with E-state index >= 15 is 0 Å². The molecule has 1 aliphatic heterocycles. The first-order chi connectivity index (χ1) is 13.0. The van der Waals surface area contributed by atoms with Crippen LogP contribution in [0.3, 0.4) is 0 Å². The first-order valence-corrected chi connectivity index (χ1v) is 9.06. The zero-order valence-corrected chi connectivity index (χ0v) is 16.1. The minimum absolute atomic E-state index is 0.258. The van der Waals surface area contributed by atoms with Crippen LogP contribution in [0.1, 0.15) is 30.0 Å². The lowest BCUT2D eigenvalue weighted by molar-refractivity contribution is -0.136. The third-order valence-corrected chi connectivity index (χ3v) is 4.63. The molecule has 2 amide bonds. The monoisotopic (exact) mass is 364 g/mol. The fourth-order valence-corrected chi connectivity index (χ4v) is 3.35. The number of imide groups is 1. The Bertz CT molecular complexity index is 931. The predicted octanol–water partition coefficient (Wildman–Crippen LogP) is 3.91. The molecule has 0 bridgehead atoms. The van der Waals surface area contributed by atoms with Gasteiger partial charge in [-0.05, 0) is 43.5 Å². The Morgan fingerprint density at radius 3 is 2.44 bits per heavy atom. The third kappa shape index (κ3) is 3.45. The van der Waals surface area contributed by atoms with Crippen molar-refractivity contribution in [2.45, 2.75) is 27.2 Å². The number of amides is 2. The van der Waals surface area contributed by atoms with Gasteiger partial charge in [-0.25, -0.2) is 0 Å². The smallest absolute Gasteiger partial charge is 0.278 e. The summed E-state index contributed by atoms with van der Waals surface area (Å²) in [5.74, 6) is 0.0492. The highest BCUT2D eigenvalue weighted by atomic mass is 16.5. The van der Waals surface area contributed by atoms with Gasteiger partial charge in [-0.3, -0.25) is 14.5 Å². The van der Waals surface area contributed by atoms with Crippen molar-refractivity contribution in [2.75, 3.05) is 19.0 Å². The van der Waals surface area contributed by atoms with E-state index in [9.17, 15) is 9.59 Å². The maximum absolute atomic E-state index is 13.1. The molecule has 27 heavy (non-hydrogen) atoms. The van der Waals surface area contributed by atoms with Crippen LogP contribution in [-0.4, -0.2) is 30.4 Å². The van der Waals surface area contributed by atoms with Crippen LogP contribution in [0.15, 0.2) is 48.2 Å². The summed E-state index contributed by atoms with van der Waals surface area (Å²) in [6, 6.07) is 13.2. The molecule has 5 nitrogen and oxygen atoms in total. The van der Waals surface area contributed by atoms with E-state index in [0.717, 1.165) is 16.7 Å². The van der Waals surface area contributed by atoms with Crippen LogP contribution in [0.2, 0.25) is 0 Å². The summed E-state index contributed by atoms with van der Waals surface area (Å²) in [6.45, 7) is 6.30. The van der Waals surface area contributed by atoms with E-state index in [-0.39, 0.29) is 11.8 Å². The molecule has 0 saturated carbocycles. The Morgan fingerprint density at radius 2 is 1.78 bits per heavy atom. The maximum Gasteiger partial charge on any atom is 0.278 e. The molecule has 1 aliphatic rings. The van der Waals surface area contributed by atoms with Gasteiger partial charge >= 0.3 is 0 Å². The van der Waals surface area contributed by atoms with E-state index in [2.05, 4.69) is 5.32 Å². The number of hydrogen-bond donors (Lipinski definition) is 1. The largest absolute Gasteiger partial charge is 0.495 e. The molecule has 2 aromatic rings. The number of carbonyl (C=O) groups excluding carboxylic acids is 2. The van der Waals surface area contributed by atoms with Gasteiger partial charge in [-0.2, -0.15) is 0 Å². The summed E-state index contributed by atoms with van der Waals surface area (Å²) in [7, 11) is 1.57. The second kappa shape index (κ2) is 7.66. The van der Waals surface area contributed by atoms with Gasteiger partial charge in [0.2, 0.25) is 0 Å². The lowest BCUT2D eigenvalue weighted by Gasteiger charge is -2.14. The molecule has 3 rings (SSSR count). The minimum atomic E-state index is -0.303.